The molecule has 2 aromatic rings. The Balaban J connectivity index is 1.25. The summed E-state index contributed by atoms with van der Waals surface area (Å²) in [7, 11) is -3.45. The Morgan fingerprint density at radius 3 is 2.53 bits per heavy atom. The molecule has 5 rings (SSSR count). The number of rotatable bonds is 5. The van der Waals surface area contributed by atoms with Crippen LogP contribution in [0.5, 0.6) is 0 Å². The van der Waals surface area contributed by atoms with E-state index in [1.165, 1.54) is 0 Å². The zero-order valence-corrected chi connectivity index (χ0v) is 19.1. The normalized spacial score (nSPS) is 21.1. The molecule has 1 aromatic carbocycles. The third-order valence-corrected chi connectivity index (χ3v) is 8.79. The van der Waals surface area contributed by atoms with E-state index < -0.39 is 10.0 Å². The fourth-order valence-corrected chi connectivity index (χ4v) is 6.66. The summed E-state index contributed by atoms with van der Waals surface area (Å²) in [6.45, 7) is 3.96. The average molecular weight is 459 g/mol. The number of carbonyl (C=O) groups excluding carboxylic acids is 1. The van der Waals surface area contributed by atoms with E-state index in [1.807, 2.05) is 15.6 Å². The van der Waals surface area contributed by atoms with Crippen LogP contribution in [-0.2, 0) is 21.2 Å². The standard InChI is InChI=1S/C22H30N6O3S/c29-22(15-25-12-7-19(8-13-25)28-17-23-16-24-28)27-11-3-4-18-14-20(5-6-21(18)27)32(30,31)26-9-1-2-10-26/h5-6,14,16-17,19H,1-4,7-13,15H2. The highest BCUT2D eigenvalue weighted by Gasteiger charge is 2.30. The maximum atomic E-state index is 13.2. The number of hydrogen-bond donors (Lipinski definition) is 0. The maximum absolute atomic E-state index is 13.2. The number of aromatic nitrogens is 3. The van der Waals surface area contributed by atoms with Gasteiger partial charge in [-0.3, -0.25) is 9.69 Å². The fourth-order valence-electron chi connectivity index (χ4n) is 5.10. The van der Waals surface area contributed by atoms with Crippen LogP contribution in [0.1, 0.15) is 43.7 Å². The van der Waals surface area contributed by atoms with Crippen LogP contribution in [0.3, 0.4) is 0 Å². The minimum Gasteiger partial charge on any atom is -0.311 e. The second-order valence-corrected chi connectivity index (χ2v) is 10.9. The van der Waals surface area contributed by atoms with Crippen LogP contribution in [-0.4, -0.2) is 77.6 Å². The van der Waals surface area contributed by atoms with Gasteiger partial charge in [-0.25, -0.2) is 18.1 Å². The zero-order chi connectivity index (χ0) is 22.1. The molecule has 10 heteroatoms. The molecule has 0 spiro atoms. The Morgan fingerprint density at radius 2 is 1.81 bits per heavy atom. The minimum absolute atomic E-state index is 0.0836. The first-order valence-corrected chi connectivity index (χ1v) is 13.0. The monoisotopic (exact) mass is 458 g/mol. The summed E-state index contributed by atoms with van der Waals surface area (Å²) in [6.07, 6.45) is 8.70. The SMILES string of the molecule is O=C(CN1CCC(n2cncn2)CC1)N1CCCc2cc(S(=O)(=O)N3CCCC3)ccc21. The summed E-state index contributed by atoms with van der Waals surface area (Å²) in [5.74, 6) is 0.0836. The molecule has 0 atom stereocenters. The van der Waals surface area contributed by atoms with E-state index in [0.29, 0.717) is 37.1 Å². The molecule has 2 saturated heterocycles. The molecule has 3 aliphatic heterocycles. The Morgan fingerprint density at radius 1 is 1.03 bits per heavy atom. The van der Waals surface area contributed by atoms with Gasteiger partial charge in [0.05, 0.1) is 17.5 Å². The van der Waals surface area contributed by atoms with Gasteiger partial charge in [-0.05, 0) is 62.3 Å². The first kappa shape index (κ1) is 21.5. The first-order valence-electron chi connectivity index (χ1n) is 11.5. The van der Waals surface area contributed by atoms with E-state index in [-0.39, 0.29) is 5.91 Å². The van der Waals surface area contributed by atoms with E-state index in [9.17, 15) is 13.2 Å². The Kier molecular flexibility index (Phi) is 6.00. The summed E-state index contributed by atoms with van der Waals surface area (Å²) in [5.41, 5.74) is 1.81. The van der Waals surface area contributed by atoms with Gasteiger partial charge in [-0.1, -0.05) is 0 Å². The van der Waals surface area contributed by atoms with Crippen LogP contribution >= 0.6 is 0 Å². The second kappa shape index (κ2) is 8.92. The van der Waals surface area contributed by atoms with E-state index in [0.717, 1.165) is 62.9 Å². The van der Waals surface area contributed by atoms with Crippen LogP contribution < -0.4 is 4.90 Å². The molecule has 172 valence electrons. The number of aryl methyl sites for hydroxylation is 1. The summed E-state index contributed by atoms with van der Waals surface area (Å²) in [4.78, 5) is 21.6. The van der Waals surface area contributed by atoms with E-state index >= 15 is 0 Å². The molecule has 0 saturated carbocycles. The molecular formula is C22H30N6O3S. The van der Waals surface area contributed by atoms with Gasteiger partial charge >= 0.3 is 0 Å². The molecule has 0 aliphatic carbocycles. The fraction of sp³-hybridized carbons (Fsp3) is 0.591. The molecule has 0 unspecified atom stereocenters. The smallest absolute Gasteiger partial charge is 0.243 e. The van der Waals surface area contributed by atoms with Gasteiger partial charge in [0.2, 0.25) is 15.9 Å². The summed E-state index contributed by atoms with van der Waals surface area (Å²) < 4.78 is 29.4. The highest BCUT2D eigenvalue weighted by atomic mass is 32.2. The summed E-state index contributed by atoms with van der Waals surface area (Å²) in [6, 6.07) is 5.62. The lowest BCUT2D eigenvalue weighted by atomic mass is 10.0. The quantitative estimate of drug-likeness (QED) is 0.677. The predicted molar refractivity (Wildman–Crippen MR) is 120 cm³/mol. The van der Waals surface area contributed by atoms with E-state index in [2.05, 4.69) is 15.0 Å². The topological polar surface area (TPSA) is 91.6 Å². The minimum atomic E-state index is -3.45. The van der Waals surface area contributed by atoms with Crippen molar-refractivity contribution in [3.63, 3.8) is 0 Å². The number of hydrogen-bond acceptors (Lipinski definition) is 6. The van der Waals surface area contributed by atoms with Gasteiger partial charge in [0.25, 0.3) is 0 Å². The lowest BCUT2D eigenvalue weighted by molar-refractivity contribution is -0.120. The highest BCUT2D eigenvalue weighted by Crippen LogP contribution is 2.31. The molecule has 4 heterocycles. The number of anilines is 1. The molecule has 0 radical (unpaired) electrons. The van der Waals surface area contributed by atoms with Gasteiger partial charge in [-0.2, -0.15) is 9.40 Å². The van der Waals surface area contributed by atoms with Crippen LogP contribution in [0.2, 0.25) is 0 Å². The highest BCUT2D eigenvalue weighted by molar-refractivity contribution is 7.89. The van der Waals surface area contributed by atoms with Crippen LogP contribution in [0, 0.1) is 0 Å². The molecule has 0 N–H and O–H groups in total. The van der Waals surface area contributed by atoms with Crippen molar-refractivity contribution in [2.45, 2.75) is 49.5 Å². The average Bonchev–Trinajstić information content (AvgIpc) is 3.53. The largest absolute Gasteiger partial charge is 0.311 e. The van der Waals surface area contributed by atoms with Crippen LogP contribution in [0.15, 0.2) is 35.7 Å². The molecule has 32 heavy (non-hydrogen) atoms. The van der Waals surface area contributed by atoms with Crippen molar-refractivity contribution in [3.05, 3.63) is 36.4 Å². The molecule has 3 aliphatic rings. The lowest BCUT2D eigenvalue weighted by Gasteiger charge is -2.35. The molecule has 9 nitrogen and oxygen atoms in total. The van der Waals surface area contributed by atoms with Gasteiger partial charge in [0, 0.05) is 38.4 Å². The van der Waals surface area contributed by atoms with E-state index in [4.69, 9.17) is 0 Å². The molecular weight excluding hydrogens is 428 g/mol. The molecule has 1 aromatic heterocycles. The number of likely N-dealkylation sites (tertiary alicyclic amines) is 1. The van der Waals surface area contributed by atoms with Crippen molar-refractivity contribution in [3.8, 4) is 0 Å². The van der Waals surface area contributed by atoms with Crippen LogP contribution in [0.4, 0.5) is 5.69 Å². The molecule has 1 amide bonds. The van der Waals surface area contributed by atoms with Gasteiger partial charge in [0.15, 0.2) is 0 Å². The first-order chi connectivity index (χ1) is 15.5. The van der Waals surface area contributed by atoms with Crippen molar-refractivity contribution in [2.75, 3.05) is 44.2 Å². The van der Waals surface area contributed by atoms with Crippen molar-refractivity contribution in [1.29, 1.82) is 0 Å². The zero-order valence-electron chi connectivity index (χ0n) is 18.3. The van der Waals surface area contributed by atoms with Gasteiger partial charge in [-0.15, -0.1) is 0 Å². The number of benzene rings is 1. The number of carbonyl (C=O) groups is 1. The molecule has 2 fully saturated rings. The Hall–Kier alpha value is -2.30. The third kappa shape index (κ3) is 4.18. The number of nitrogens with zero attached hydrogens (tertiary/aromatic N) is 6. The summed E-state index contributed by atoms with van der Waals surface area (Å²) >= 11 is 0. The maximum Gasteiger partial charge on any atom is 0.243 e. The van der Waals surface area contributed by atoms with Gasteiger partial charge < -0.3 is 4.90 Å². The van der Waals surface area contributed by atoms with Crippen molar-refractivity contribution >= 4 is 21.6 Å². The van der Waals surface area contributed by atoms with Crippen LogP contribution in [0.25, 0.3) is 0 Å². The predicted octanol–water partition coefficient (Wildman–Crippen LogP) is 1.68. The Labute approximate surface area is 189 Å². The summed E-state index contributed by atoms with van der Waals surface area (Å²) in [5, 5.41) is 4.24. The van der Waals surface area contributed by atoms with Gasteiger partial charge in [0.1, 0.15) is 12.7 Å². The van der Waals surface area contributed by atoms with E-state index in [1.54, 1.807) is 29.1 Å². The number of piperidine rings is 1. The number of amides is 1. The van der Waals surface area contributed by atoms with Crippen molar-refractivity contribution in [2.24, 2.45) is 0 Å². The second-order valence-electron chi connectivity index (χ2n) is 8.93. The lowest BCUT2D eigenvalue weighted by Crippen LogP contribution is -2.45. The Bertz CT molecular complexity index is 1060. The number of sulfonamides is 1. The molecule has 0 bridgehead atoms. The third-order valence-electron chi connectivity index (χ3n) is 6.90. The van der Waals surface area contributed by atoms with Crippen molar-refractivity contribution < 1.29 is 13.2 Å². The van der Waals surface area contributed by atoms with Crippen molar-refractivity contribution in [1.82, 2.24) is 24.0 Å². The number of fused-ring (bicyclic) bond motifs is 1.